The molecule has 0 bridgehead atoms. The summed E-state index contributed by atoms with van der Waals surface area (Å²) in [5.41, 5.74) is 1.07. The van der Waals surface area contributed by atoms with Gasteiger partial charge in [-0.05, 0) is 38.6 Å². The number of carbonyl (C=O) groups excluding carboxylic acids is 1. The van der Waals surface area contributed by atoms with Gasteiger partial charge in [0.15, 0.2) is 0 Å². The summed E-state index contributed by atoms with van der Waals surface area (Å²) < 4.78 is 11.0. The highest BCUT2D eigenvalue weighted by molar-refractivity contribution is 5.76. The molecule has 2 N–H and O–H groups in total. The van der Waals surface area contributed by atoms with Crippen molar-refractivity contribution in [2.24, 2.45) is 23.2 Å². The molecule has 5 heteroatoms. The first-order chi connectivity index (χ1) is 12.0. The van der Waals surface area contributed by atoms with Crippen LogP contribution in [-0.4, -0.2) is 49.6 Å². The minimum atomic E-state index is -0.519. The van der Waals surface area contributed by atoms with E-state index in [1.807, 2.05) is 6.92 Å². The number of fused-ring (bicyclic) bond motifs is 2. The van der Waals surface area contributed by atoms with Crippen LogP contribution in [0.1, 0.15) is 46.5 Å². The van der Waals surface area contributed by atoms with Crippen molar-refractivity contribution in [2.75, 3.05) is 26.3 Å². The topological polar surface area (TPSA) is 67.8 Å². The van der Waals surface area contributed by atoms with Crippen LogP contribution in [0.4, 0.5) is 0 Å². The number of ether oxygens (including phenoxy) is 2. The third kappa shape index (κ3) is 3.38. The first-order valence-electron chi connectivity index (χ1n) is 9.86. The largest absolute Gasteiger partial charge is 0.461 e. The van der Waals surface area contributed by atoms with Gasteiger partial charge in [-0.15, -0.1) is 0 Å². The van der Waals surface area contributed by atoms with E-state index in [1.54, 1.807) is 0 Å². The predicted octanol–water partition coefficient (Wildman–Crippen LogP) is 2.29. The molecule has 0 aromatic rings. The molecule has 2 fully saturated rings. The number of esters is 1. The van der Waals surface area contributed by atoms with Crippen LogP contribution in [0.2, 0.25) is 0 Å². The molecule has 6 unspecified atom stereocenters. The van der Waals surface area contributed by atoms with Gasteiger partial charge in [0, 0.05) is 37.5 Å². The van der Waals surface area contributed by atoms with Crippen molar-refractivity contribution in [1.29, 1.82) is 0 Å². The number of nitrogens with one attached hydrogen (secondary N) is 1. The van der Waals surface area contributed by atoms with Gasteiger partial charge >= 0.3 is 5.97 Å². The van der Waals surface area contributed by atoms with E-state index >= 15 is 0 Å². The Hall–Kier alpha value is -0.910. The van der Waals surface area contributed by atoms with Crippen LogP contribution in [-0.2, 0) is 14.3 Å². The summed E-state index contributed by atoms with van der Waals surface area (Å²) in [4.78, 5) is 12.4. The highest BCUT2D eigenvalue weighted by atomic mass is 16.6. The molecule has 0 aromatic heterocycles. The molecular weight excluding hydrogens is 318 g/mol. The predicted molar refractivity (Wildman–Crippen MR) is 96.1 cm³/mol. The third-order valence-corrected chi connectivity index (χ3v) is 6.78. The second-order valence-corrected chi connectivity index (χ2v) is 8.05. The fourth-order valence-corrected chi connectivity index (χ4v) is 5.00. The van der Waals surface area contributed by atoms with Gasteiger partial charge in [0.25, 0.3) is 0 Å². The minimum Gasteiger partial charge on any atom is -0.461 e. The molecule has 0 radical (unpaired) electrons. The second-order valence-electron chi connectivity index (χ2n) is 8.05. The van der Waals surface area contributed by atoms with Crippen LogP contribution < -0.4 is 5.32 Å². The molecule has 0 amide bonds. The van der Waals surface area contributed by atoms with Gasteiger partial charge in [0.05, 0.1) is 12.0 Å². The molecule has 5 nitrogen and oxygen atoms in total. The summed E-state index contributed by atoms with van der Waals surface area (Å²) in [7, 11) is 0. The summed E-state index contributed by atoms with van der Waals surface area (Å²) in [5, 5.41) is 14.6. The summed E-state index contributed by atoms with van der Waals surface area (Å²) in [6.45, 7) is 9.26. The SMILES string of the molecule is CCOCCCNCC1C(=O)OC2CC3=CCCC(C)C3(C)C(O)C21. The van der Waals surface area contributed by atoms with Gasteiger partial charge in [0.2, 0.25) is 0 Å². The average Bonchev–Trinajstić information content (AvgIpc) is 2.89. The van der Waals surface area contributed by atoms with Gasteiger partial charge in [-0.25, -0.2) is 0 Å². The zero-order chi connectivity index (χ0) is 18.0. The quantitative estimate of drug-likeness (QED) is 0.418. The van der Waals surface area contributed by atoms with E-state index in [4.69, 9.17) is 9.47 Å². The molecule has 3 aliphatic rings. The average molecular weight is 351 g/mol. The van der Waals surface area contributed by atoms with E-state index in [-0.39, 0.29) is 29.3 Å². The first kappa shape index (κ1) is 18.9. The van der Waals surface area contributed by atoms with Crippen LogP contribution in [0.15, 0.2) is 11.6 Å². The molecule has 142 valence electrons. The van der Waals surface area contributed by atoms with Gasteiger partial charge in [-0.1, -0.05) is 25.5 Å². The van der Waals surface area contributed by atoms with Crippen LogP contribution in [0.3, 0.4) is 0 Å². The van der Waals surface area contributed by atoms with Gasteiger partial charge in [-0.3, -0.25) is 4.79 Å². The number of hydrogen-bond donors (Lipinski definition) is 2. The summed E-state index contributed by atoms with van der Waals surface area (Å²) in [5.74, 6) is -0.0741. The molecule has 1 saturated carbocycles. The third-order valence-electron chi connectivity index (χ3n) is 6.78. The zero-order valence-corrected chi connectivity index (χ0v) is 15.8. The number of aliphatic hydroxyl groups excluding tert-OH is 1. The Balaban J connectivity index is 1.66. The smallest absolute Gasteiger partial charge is 0.311 e. The van der Waals surface area contributed by atoms with Crippen molar-refractivity contribution in [3.8, 4) is 0 Å². The maximum absolute atomic E-state index is 12.4. The second kappa shape index (κ2) is 7.77. The van der Waals surface area contributed by atoms with Gasteiger partial charge in [-0.2, -0.15) is 0 Å². The number of aliphatic hydroxyl groups is 1. The maximum atomic E-state index is 12.4. The van der Waals surface area contributed by atoms with Crippen molar-refractivity contribution >= 4 is 5.97 Å². The Labute approximate surface area is 151 Å². The lowest BCUT2D eigenvalue weighted by molar-refractivity contribution is -0.144. The maximum Gasteiger partial charge on any atom is 0.311 e. The van der Waals surface area contributed by atoms with Crippen molar-refractivity contribution in [3.05, 3.63) is 11.6 Å². The van der Waals surface area contributed by atoms with E-state index in [0.717, 1.165) is 45.4 Å². The normalized spacial score (nSPS) is 40.2. The highest BCUT2D eigenvalue weighted by Gasteiger charge is 2.59. The monoisotopic (exact) mass is 351 g/mol. The Morgan fingerprint density at radius 3 is 3.04 bits per heavy atom. The number of hydrogen-bond acceptors (Lipinski definition) is 5. The Kier molecular flexibility index (Phi) is 5.86. The summed E-state index contributed by atoms with van der Waals surface area (Å²) in [6.07, 6.45) is 5.46. The van der Waals surface area contributed by atoms with Crippen molar-refractivity contribution in [3.63, 3.8) is 0 Å². The van der Waals surface area contributed by atoms with E-state index in [1.165, 1.54) is 5.57 Å². The standard InChI is InChI=1S/C20H33NO4/c1-4-24-10-6-9-21-12-15-17-16(25-19(15)23)11-14-8-5-7-13(2)20(14,3)18(17)22/h8,13,15-18,21-22H,4-7,9-12H2,1-3H3. The summed E-state index contributed by atoms with van der Waals surface area (Å²) >= 11 is 0. The molecule has 1 heterocycles. The first-order valence-corrected chi connectivity index (χ1v) is 9.86. The molecule has 2 aliphatic carbocycles. The summed E-state index contributed by atoms with van der Waals surface area (Å²) in [6, 6.07) is 0. The van der Waals surface area contributed by atoms with Crippen LogP contribution in [0.25, 0.3) is 0 Å². The molecular formula is C20H33NO4. The molecule has 1 aliphatic heterocycles. The van der Waals surface area contributed by atoms with Gasteiger partial charge < -0.3 is 19.9 Å². The molecule has 1 saturated heterocycles. The fraction of sp³-hybridized carbons (Fsp3) is 0.850. The molecule has 25 heavy (non-hydrogen) atoms. The van der Waals surface area contributed by atoms with E-state index in [9.17, 15) is 9.90 Å². The van der Waals surface area contributed by atoms with Crippen LogP contribution in [0.5, 0.6) is 0 Å². The van der Waals surface area contributed by atoms with E-state index in [2.05, 4.69) is 25.2 Å². The van der Waals surface area contributed by atoms with Crippen molar-refractivity contribution in [1.82, 2.24) is 5.32 Å². The van der Waals surface area contributed by atoms with Crippen molar-refractivity contribution < 1.29 is 19.4 Å². The molecule has 6 atom stereocenters. The Morgan fingerprint density at radius 2 is 2.28 bits per heavy atom. The van der Waals surface area contributed by atoms with Crippen LogP contribution in [0, 0.1) is 23.2 Å². The minimum absolute atomic E-state index is 0.102. The zero-order valence-electron chi connectivity index (χ0n) is 15.8. The lowest BCUT2D eigenvalue weighted by atomic mass is 9.55. The van der Waals surface area contributed by atoms with E-state index in [0.29, 0.717) is 12.5 Å². The lowest BCUT2D eigenvalue weighted by Gasteiger charge is -2.51. The Morgan fingerprint density at radius 1 is 1.48 bits per heavy atom. The van der Waals surface area contributed by atoms with E-state index < -0.39 is 6.10 Å². The van der Waals surface area contributed by atoms with Gasteiger partial charge in [0.1, 0.15) is 6.10 Å². The van der Waals surface area contributed by atoms with Crippen LogP contribution >= 0.6 is 0 Å². The fourth-order valence-electron chi connectivity index (χ4n) is 5.00. The number of allylic oxidation sites excluding steroid dienone is 1. The molecule has 3 rings (SSSR count). The Bertz CT molecular complexity index is 520. The molecule has 0 aromatic carbocycles. The number of carbonyl (C=O) groups is 1. The number of rotatable bonds is 7. The lowest BCUT2D eigenvalue weighted by Crippen LogP contribution is -2.54. The van der Waals surface area contributed by atoms with Crippen molar-refractivity contribution in [2.45, 2.75) is 58.7 Å². The molecule has 0 spiro atoms. The highest BCUT2D eigenvalue weighted by Crippen LogP contribution is 2.55.